The number of carbonyl (C=O) groups excluding carboxylic acids is 2. The van der Waals surface area contributed by atoms with E-state index in [-0.39, 0.29) is 35.9 Å². The van der Waals surface area contributed by atoms with Crippen LogP contribution in [-0.4, -0.2) is 64.2 Å². The van der Waals surface area contributed by atoms with Gasteiger partial charge < -0.3 is 15.0 Å². The molecule has 2 amide bonds. The molecule has 3 aliphatic rings. The molecule has 29 heavy (non-hydrogen) atoms. The minimum atomic E-state index is -2.88. The number of piperidine rings is 1. The molecule has 0 unspecified atom stereocenters. The molecule has 0 radical (unpaired) electrons. The predicted molar refractivity (Wildman–Crippen MR) is 105 cm³/mol. The summed E-state index contributed by atoms with van der Waals surface area (Å²) in [5, 5.41) is 2.60. The molecule has 3 fully saturated rings. The molecule has 8 nitrogen and oxygen atoms in total. The highest BCUT2D eigenvalue weighted by atomic mass is 32.2. The molecule has 10 heteroatoms. The van der Waals surface area contributed by atoms with E-state index in [1.807, 2.05) is 4.90 Å². The maximum Gasteiger partial charge on any atom is 0.414 e. The third-order valence-corrected chi connectivity index (χ3v) is 8.02. The SMILES string of the molecule is CC(=O)NC[C@H]1CN(c2ccc(N3CCC4(CC3)CS(=O)(=O)C4)c(F)c2)C(=O)O1. The van der Waals surface area contributed by atoms with Gasteiger partial charge in [-0.1, -0.05) is 0 Å². The van der Waals surface area contributed by atoms with Gasteiger partial charge in [0.15, 0.2) is 9.84 Å². The normalized spacial score (nSPS) is 24.9. The summed E-state index contributed by atoms with van der Waals surface area (Å²) < 4.78 is 43.1. The highest BCUT2D eigenvalue weighted by Gasteiger charge is 2.49. The van der Waals surface area contributed by atoms with Gasteiger partial charge in [-0.15, -0.1) is 0 Å². The van der Waals surface area contributed by atoms with Gasteiger partial charge in [-0.2, -0.15) is 0 Å². The number of nitrogens with zero attached hydrogens (tertiary/aromatic N) is 2. The van der Waals surface area contributed by atoms with Gasteiger partial charge in [0.25, 0.3) is 0 Å². The first-order chi connectivity index (χ1) is 13.7. The quantitative estimate of drug-likeness (QED) is 0.781. The predicted octanol–water partition coefficient (Wildman–Crippen LogP) is 1.30. The maximum absolute atomic E-state index is 14.8. The molecule has 0 aliphatic carbocycles. The van der Waals surface area contributed by atoms with Crippen molar-refractivity contribution in [1.29, 1.82) is 0 Å². The summed E-state index contributed by atoms with van der Waals surface area (Å²) in [5.41, 5.74) is 0.724. The lowest BCUT2D eigenvalue weighted by molar-refractivity contribution is -0.119. The van der Waals surface area contributed by atoms with Gasteiger partial charge >= 0.3 is 6.09 Å². The van der Waals surface area contributed by atoms with Crippen molar-refractivity contribution in [3.8, 4) is 0 Å². The summed E-state index contributed by atoms with van der Waals surface area (Å²) in [6.07, 6.45) is 0.415. The summed E-state index contributed by atoms with van der Waals surface area (Å²) in [7, 11) is -2.88. The van der Waals surface area contributed by atoms with Crippen molar-refractivity contribution in [3.63, 3.8) is 0 Å². The molecule has 1 spiro atoms. The first kappa shape index (κ1) is 19.9. The van der Waals surface area contributed by atoms with E-state index in [0.29, 0.717) is 24.5 Å². The number of ether oxygens (including phenoxy) is 1. The monoisotopic (exact) mass is 425 g/mol. The number of benzene rings is 1. The minimum Gasteiger partial charge on any atom is -0.442 e. The van der Waals surface area contributed by atoms with Crippen LogP contribution in [0.3, 0.4) is 0 Å². The number of nitrogens with one attached hydrogen (secondary N) is 1. The molecule has 0 aromatic heterocycles. The van der Waals surface area contributed by atoms with Crippen LogP contribution >= 0.6 is 0 Å². The summed E-state index contributed by atoms with van der Waals surface area (Å²) in [6, 6.07) is 4.64. The highest BCUT2D eigenvalue weighted by molar-refractivity contribution is 7.92. The van der Waals surface area contributed by atoms with Crippen molar-refractivity contribution in [2.45, 2.75) is 25.9 Å². The molecule has 1 atom stereocenters. The smallest absolute Gasteiger partial charge is 0.414 e. The minimum absolute atomic E-state index is 0.131. The van der Waals surface area contributed by atoms with Crippen LogP contribution in [0.5, 0.6) is 0 Å². The molecular formula is C19H24FN3O5S. The molecular weight excluding hydrogens is 401 g/mol. The third kappa shape index (κ3) is 4.03. The summed E-state index contributed by atoms with van der Waals surface area (Å²) in [5.74, 6) is -0.159. The topological polar surface area (TPSA) is 96.0 Å². The Labute approximate surface area is 168 Å². The number of cyclic esters (lactones) is 1. The second-order valence-corrected chi connectivity index (χ2v) is 10.3. The van der Waals surface area contributed by atoms with Crippen molar-refractivity contribution < 1.29 is 27.1 Å². The van der Waals surface area contributed by atoms with E-state index in [9.17, 15) is 22.4 Å². The average Bonchev–Trinajstić information content (AvgIpc) is 3.00. The van der Waals surface area contributed by atoms with Crippen LogP contribution in [0.4, 0.5) is 20.6 Å². The standard InChI is InChI=1S/C19H24FN3O5S/c1-13(24)21-9-15-10-23(18(25)28-15)14-2-3-17(16(20)8-14)22-6-4-19(5-7-22)11-29(26,27)12-19/h2-3,8,15H,4-7,9-12H2,1H3,(H,21,24)/t15-/m0/s1. The lowest BCUT2D eigenvalue weighted by Gasteiger charge is -2.47. The summed E-state index contributed by atoms with van der Waals surface area (Å²) >= 11 is 0. The van der Waals surface area contributed by atoms with E-state index < -0.39 is 27.9 Å². The second kappa shape index (κ2) is 7.16. The molecule has 1 aromatic rings. The molecule has 1 aromatic carbocycles. The lowest BCUT2D eigenvalue weighted by Crippen LogP contribution is -2.54. The molecule has 1 N–H and O–H groups in total. The van der Waals surface area contributed by atoms with Crippen molar-refractivity contribution >= 4 is 33.2 Å². The Bertz CT molecular complexity index is 929. The summed E-state index contributed by atoms with van der Waals surface area (Å²) in [6.45, 7) is 3.05. The van der Waals surface area contributed by atoms with Crippen LogP contribution in [0.15, 0.2) is 18.2 Å². The number of hydrogen-bond donors (Lipinski definition) is 1. The molecule has 0 bridgehead atoms. The van der Waals surface area contributed by atoms with Gasteiger partial charge in [0, 0.05) is 25.4 Å². The Hall–Kier alpha value is -2.36. The molecule has 3 heterocycles. The molecule has 3 saturated heterocycles. The molecule has 3 aliphatic heterocycles. The van der Waals surface area contributed by atoms with Crippen molar-refractivity contribution in [1.82, 2.24) is 5.32 Å². The Morgan fingerprint density at radius 2 is 2.00 bits per heavy atom. The van der Waals surface area contributed by atoms with Gasteiger partial charge in [0.1, 0.15) is 11.9 Å². The highest BCUT2D eigenvalue weighted by Crippen LogP contribution is 2.43. The number of anilines is 2. The van der Waals surface area contributed by atoms with Gasteiger partial charge in [-0.3, -0.25) is 9.69 Å². The van der Waals surface area contributed by atoms with E-state index in [1.165, 1.54) is 17.9 Å². The van der Waals surface area contributed by atoms with Crippen LogP contribution in [0.2, 0.25) is 0 Å². The average molecular weight is 425 g/mol. The Kier molecular flexibility index (Phi) is 4.92. The van der Waals surface area contributed by atoms with Crippen LogP contribution in [0.25, 0.3) is 0 Å². The fourth-order valence-electron chi connectivity index (χ4n) is 4.42. The first-order valence-corrected chi connectivity index (χ1v) is 11.5. The summed E-state index contributed by atoms with van der Waals surface area (Å²) in [4.78, 5) is 26.4. The number of sulfone groups is 1. The number of amides is 2. The number of hydrogen-bond acceptors (Lipinski definition) is 6. The van der Waals surface area contributed by atoms with E-state index in [4.69, 9.17) is 4.74 Å². The Morgan fingerprint density at radius 1 is 1.31 bits per heavy atom. The molecule has 4 rings (SSSR count). The van der Waals surface area contributed by atoms with Crippen molar-refractivity contribution in [2.75, 3.05) is 47.5 Å². The van der Waals surface area contributed by atoms with E-state index >= 15 is 0 Å². The number of rotatable bonds is 4. The van der Waals surface area contributed by atoms with E-state index in [0.717, 1.165) is 12.8 Å². The largest absolute Gasteiger partial charge is 0.442 e. The van der Waals surface area contributed by atoms with Crippen LogP contribution < -0.4 is 15.1 Å². The van der Waals surface area contributed by atoms with Crippen LogP contribution in [0, 0.1) is 11.2 Å². The van der Waals surface area contributed by atoms with E-state index in [1.54, 1.807) is 12.1 Å². The van der Waals surface area contributed by atoms with Gasteiger partial charge in [0.2, 0.25) is 5.91 Å². The maximum atomic E-state index is 14.8. The van der Waals surface area contributed by atoms with Gasteiger partial charge in [-0.25, -0.2) is 17.6 Å². The second-order valence-electron chi connectivity index (χ2n) is 8.21. The zero-order valence-corrected chi connectivity index (χ0v) is 17.0. The first-order valence-electron chi connectivity index (χ1n) is 9.64. The van der Waals surface area contributed by atoms with E-state index in [2.05, 4.69) is 5.32 Å². The fourth-order valence-corrected chi connectivity index (χ4v) is 6.78. The molecule has 158 valence electrons. The zero-order chi connectivity index (χ0) is 20.8. The Morgan fingerprint density at radius 3 is 2.59 bits per heavy atom. The lowest BCUT2D eigenvalue weighted by atomic mass is 9.81. The Balaban J connectivity index is 1.40. The third-order valence-electron chi connectivity index (χ3n) is 5.91. The van der Waals surface area contributed by atoms with Crippen LogP contribution in [-0.2, 0) is 19.4 Å². The fraction of sp³-hybridized carbons (Fsp3) is 0.579. The molecule has 0 saturated carbocycles. The van der Waals surface area contributed by atoms with Crippen molar-refractivity contribution in [2.24, 2.45) is 5.41 Å². The van der Waals surface area contributed by atoms with Gasteiger partial charge in [-0.05, 0) is 31.0 Å². The van der Waals surface area contributed by atoms with Crippen LogP contribution in [0.1, 0.15) is 19.8 Å². The van der Waals surface area contributed by atoms with Crippen molar-refractivity contribution in [3.05, 3.63) is 24.0 Å². The number of carbonyl (C=O) groups is 2. The van der Waals surface area contributed by atoms with Gasteiger partial charge in [0.05, 0.1) is 36.0 Å². The number of halogens is 1. The zero-order valence-electron chi connectivity index (χ0n) is 16.2.